The lowest BCUT2D eigenvalue weighted by atomic mass is 10.1. The van der Waals surface area contributed by atoms with Crippen LogP contribution in [0.15, 0.2) is 30.5 Å². The largest absolute Gasteiger partial charge is 0.378 e. The van der Waals surface area contributed by atoms with E-state index in [1.807, 2.05) is 6.07 Å². The molecule has 2 aliphatic heterocycles. The van der Waals surface area contributed by atoms with Crippen molar-refractivity contribution in [2.24, 2.45) is 0 Å². The van der Waals surface area contributed by atoms with Crippen LogP contribution in [0.3, 0.4) is 0 Å². The quantitative estimate of drug-likeness (QED) is 0.794. The van der Waals surface area contributed by atoms with Crippen molar-refractivity contribution in [3.8, 4) is 0 Å². The number of halogens is 2. The molecule has 0 aliphatic carbocycles. The Morgan fingerprint density at radius 3 is 2.43 bits per heavy atom. The number of nitrogens with zero attached hydrogens (tertiary/aromatic N) is 5. The zero-order valence-corrected chi connectivity index (χ0v) is 15.4. The predicted octanol–water partition coefficient (Wildman–Crippen LogP) is 1.55. The van der Waals surface area contributed by atoms with Crippen molar-refractivity contribution in [2.75, 3.05) is 62.3 Å². The van der Waals surface area contributed by atoms with Gasteiger partial charge in [-0.25, -0.2) is 13.8 Å². The van der Waals surface area contributed by atoms with Gasteiger partial charge in [-0.3, -0.25) is 4.79 Å². The first-order chi connectivity index (χ1) is 13.6. The second-order valence-corrected chi connectivity index (χ2v) is 6.72. The molecule has 3 heterocycles. The highest BCUT2D eigenvalue weighted by Gasteiger charge is 2.25. The molecule has 0 spiro atoms. The van der Waals surface area contributed by atoms with Gasteiger partial charge in [0.2, 0.25) is 5.95 Å². The van der Waals surface area contributed by atoms with Gasteiger partial charge in [0, 0.05) is 51.5 Å². The summed E-state index contributed by atoms with van der Waals surface area (Å²) in [6.45, 7) is 4.87. The molecule has 0 N–H and O–H groups in total. The number of hydrogen-bond donors (Lipinski definition) is 0. The molecule has 4 rings (SSSR count). The smallest absolute Gasteiger partial charge is 0.256 e. The molecule has 1 aromatic carbocycles. The van der Waals surface area contributed by atoms with E-state index in [-0.39, 0.29) is 5.56 Å². The van der Waals surface area contributed by atoms with Gasteiger partial charge < -0.3 is 19.4 Å². The first kappa shape index (κ1) is 18.5. The van der Waals surface area contributed by atoms with E-state index in [1.54, 1.807) is 11.1 Å². The molecule has 7 nitrogen and oxygen atoms in total. The van der Waals surface area contributed by atoms with Crippen LogP contribution in [0.1, 0.15) is 10.4 Å². The number of amides is 1. The minimum Gasteiger partial charge on any atom is -0.378 e. The summed E-state index contributed by atoms with van der Waals surface area (Å²) in [4.78, 5) is 27.3. The predicted molar refractivity (Wildman–Crippen MR) is 99.5 cm³/mol. The topological polar surface area (TPSA) is 61.8 Å². The number of aromatic nitrogens is 2. The van der Waals surface area contributed by atoms with E-state index in [4.69, 9.17) is 4.74 Å². The van der Waals surface area contributed by atoms with Gasteiger partial charge in [0.05, 0.1) is 18.8 Å². The minimum atomic E-state index is -0.835. The fraction of sp³-hybridized carbons (Fsp3) is 0.421. The molecule has 2 aliphatic rings. The number of carbonyl (C=O) groups excluding carboxylic acids is 1. The Morgan fingerprint density at radius 1 is 0.964 bits per heavy atom. The number of rotatable bonds is 3. The van der Waals surface area contributed by atoms with Crippen molar-refractivity contribution >= 4 is 17.7 Å². The number of carbonyl (C=O) groups is 1. The third-order valence-corrected chi connectivity index (χ3v) is 4.97. The minimum absolute atomic E-state index is 0.105. The molecule has 2 fully saturated rings. The highest BCUT2D eigenvalue weighted by molar-refractivity contribution is 5.94. The Hall–Kier alpha value is -2.81. The zero-order valence-electron chi connectivity index (χ0n) is 15.4. The third kappa shape index (κ3) is 3.89. The highest BCUT2D eigenvalue weighted by atomic mass is 19.1. The Kier molecular flexibility index (Phi) is 5.34. The van der Waals surface area contributed by atoms with Gasteiger partial charge in [0.25, 0.3) is 5.91 Å². The molecular weight excluding hydrogens is 368 g/mol. The van der Waals surface area contributed by atoms with Crippen molar-refractivity contribution in [1.29, 1.82) is 0 Å². The second kappa shape index (κ2) is 8.05. The molecule has 1 amide bonds. The van der Waals surface area contributed by atoms with Gasteiger partial charge in [0.1, 0.15) is 17.5 Å². The van der Waals surface area contributed by atoms with Gasteiger partial charge in [-0.15, -0.1) is 0 Å². The van der Waals surface area contributed by atoms with Crippen LogP contribution in [0.2, 0.25) is 0 Å². The van der Waals surface area contributed by atoms with E-state index >= 15 is 0 Å². The standard InChI is InChI=1S/C19H21F2N5O2/c20-14-1-2-15(16(21)13-14)18(27)25-7-5-24(6-8-25)17-3-4-22-19(23-17)26-9-11-28-12-10-26/h1-4,13H,5-12H2. The maximum absolute atomic E-state index is 13.9. The molecular formula is C19H21F2N5O2. The first-order valence-corrected chi connectivity index (χ1v) is 9.27. The zero-order chi connectivity index (χ0) is 19.5. The van der Waals surface area contributed by atoms with Crippen molar-refractivity contribution in [3.05, 3.63) is 47.7 Å². The SMILES string of the molecule is O=C(c1ccc(F)cc1F)N1CCN(c2ccnc(N3CCOCC3)n2)CC1. The van der Waals surface area contributed by atoms with E-state index in [0.29, 0.717) is 45.3 Å². The number of piperazine rings is 1. The van der Waals surface area contributed by atoms with Crippen LogP contribution >= 0.6 is 0 Å². The summed E-state index contributed by atoms with van der Waals surface area (Å²) in [7, 11) is 0. The molecule has 9 heteroatoms. The number of morpholine rings is 1. The van der Waals surface area contributed by atoms with Crippen molar-refractivity contribution in [2.45, 2.75) is 0 Å². The van der Waals surface area contributed by atoms with E-state index in [9.17, 15) is 13.6 Å². The molecule has 28 heavy (non-hydrogen) atoms. The van der Waals surface area contributed by atoms with Crippen LogP contribution in [0.4, 0.5) is 20.5 Å². The number of ether oxygens (including phenoxy) is 1. The molecule has 0 radical (unpaired) electrons. The summed E-state index contributed by atoms with van der Waals surface area (Å²) in [6.07, 6.45) is 1.73. The van der Waals surface area contributed by atoms with Crippen LogP contribution in [-0.2, 0) is 4.74 Å². The lowest BCUT2D eigenvalue weighted by molar-refractivity contribution is 0.0741. The van der Waals surface area contributed by atoms with Gasteiger partial charge in [-0.05, 0) is 18.2 Å². The molecule has 0 saturated carbocycles. The first-order valence-electron chi connectivity index (χ1n) is 9.27. The molecule has 0 unspecified atom stereocenters. The molecule has 2 aromatic rings. The molecule has 2 saturated heterocycles. The lowest BCUT2D eigenvalue weighted by Gasteiger charge is -2.36. The van der Waals surface area contributed by atoms with Crippen LogP contribution in [0.5, 0.6) is 0 Å². The average Bonchev–Trinajstić information content (AvgIpc) is 2.74. The van der Waals surface area contributed by atoms with E-state index in [2.05, 4.69) is 19.8 Å². The normalized spacial score (nSPS) is 17.7. The lowest BCUT2D eigenvalue weighted by Crippen LogP contribution is -2.49. The van der Waals surface area contributed by atoms with Gasteiger partial charge in [0.15, 0.2) is 0 Å². The molecule has 148 valence electrons. The fourth-order valence-electron chi connectivity index (χ4n) is 3.40. The van der Waals surface area contributed by atoms with Gasteiger partial charge in [-0.1, -0.05) is 0 Å². The summed E-state index contributed by atoms with van der Waals surface area (Å²) < 4.78 is 32.3. The highest BCUT2D eigenvalue weighted by Crippen LogP contribution is 2.19. The second-order valence-electron chi connectivity index (χ2n) is 6.72. The average molecular weight is 389 g/mol. The summed E-state index contributed by atoms with van der Waals surface area (Å²) in [5.74, 6) is -0.477. The van der Waals surface area contributed by atoms with Gasteiger partial charge >= 0.3 is 0 Å². The van der Waals surface area contributed by atoms with E-state index < -0.39 is 17.5 Å². The van der Waals surface area contributed by atoms with Crippen LogP contribution in [0.25, 0.3) is 0 Å². The fourth-order valence-corrected chi connectivity index (χ4v) is 3.40. The summed E-state index contributed by atoms with van der Waals surface area (Å²) in [5.41, 5.74) is -0.105. The van der Waals surface area contributed by atoms with Crippen molar-refractivity contribution in [1.82, 2.24) is 14.9 Å². The van der Waals surface area contributed by atoms with Gasteiger partial charge in [-0.2, -0.15) is 4.98 Å². The summed E-state index contributed by atoms with van der Waals surface area (Å²) in [6, 6.07) is 4.87. The van der Waals surface area contributed by atoms with E-state index in [1.165, 1.54) is 6.07 Å². The Balaban J connectivity index is 1.40. The Bertz CT molecular complexity index is 852. The number of benzene rings is 1. The molecule has 1 aromatic heterocycles. The Labute approximate surface area is 161 Å². The van der Waals surface area contributed by atoms with Crippen LogP contribution in [-0.4, -0.2) is 73.3 Å². The Morgan fingerprint density at radius 2 is 1.71 bits per heavy atom. The maximum atomic E-state index is 13.9. The maximum Gasteiger partial charge on any atom is 0.256 e. The molecule has 0 atom stereocenters. The molecule has 0 bridgehead atoms. The van der Waals surface area contributed by atoms with Crippen molar-refractivity contribution in [3.63, 3.8) is 0 Å². The summed E-state index contributed by atoms with van der Waals surface area (Å²) in [5, 5.41) is 0. The third-order valence-electron chi connectivity index (χ3n) is 4.97. The van der Waals surface area contributed by atoms with Crippen LogP contribution < -0.4 is 9.80 Å². The number of hydrogen-bond acceptors (Lipinski definition) is 6. The monoisotopic (exact) mass is 389 g/mol. The summed E-state index contributed by atoms with van der Waals surface area (Å²) >= 11 is 0. The van der Waals surface area contributed by atoms with Crippen molar-refractivity contribution < 1.29 is 18.3 Å². The number of anilines is 2. The van der Waals surface area contributed by atoms with E-state index in [0.717, 1.165) is 31.0 Å². The van der Waals surface area contributed by atoms with Crippen LogP contribution in [0, 0.1) is 11.6 Å².